The summed E-state index contributed by atoms with van der Waals surface area (Å²) < 4.78 is 15.3. The molecule has 0 bridgehead atoms. The van der Waals surface area contributed by atoms with Gasteiger partial charge in [0, 0.05) is 19.9 Å². The average molecular weight is 332 g/mol. The van der Waals surface area contributed by atoms with E-state index in [4.69, 9.17) is 13.9 Å². The summed E-state index contributed by atoms with van der Waals surface area (Å²) >= 11 is 0. The van der Waals surface area contributed by atoms with Gasteiger partial charge in [-0.15, -0.1) is 0 Å². The summed E-state index contributed by atoms with van der Waals surface area (Å²) in [6, 6.07) is 9.39. The van der Waals surface area contributed by atoms with E-state index in [9.17, 15) is 9.59 Å². The molecule has 128 valence electrons. The summed E-state index contributed by atoms with van der Waals surface area (Å²) in [5.74, 6) is -0.103. The van der Waals surface area contributed by atoms with Crippen LogP contribution in [0.4, 0.5) is 4.79 Å². The van der Waals surface area contributed by atoms with E-state index in [0.29, 0.717) is 18.0 Å². The Morgan fingerprint density at radius 2 is 1.96 bits per heavy atom. The maximum Gasteiger partial charge on any atom is 0.407 e. The van der Waals surface area contributed by atoms with Crippen LogP contribution in [0.5, 0.6) is 0 Å². The van der Waals surface area contributed by atoms with Crippen molar-refractivity contribution in [2.45, 2.75) is 26.9 Å². The molecular weight excluding hydrogens is 312 g/mol. The molecule has 0 atom stereocenters. The Kier molecular flexibility index (Phi) is 6.36. The molecule has 7 nitrogen and oxygen atoms in total. The zero-order valence-corrected chi connectivity index (χ0v) is 13.7. The third-order valence-corrected chi connectivity index (χ3v) is 3.11. The molecule has 1 aromatic heterocycles. The summed E-state index contributed by atoms with van der Waals surface area (Å²) in [6.07, 6.45) is -0.192. The minimum absolute atomic E-state index is 0.0776. The normalized spacial score (nSPS) is 10.2. The maximum absolute atomic E-state index is 11.8. The number of benzene rings is 1. The fraction of sp³-hybridized carbons (Fsp3) is 0.353. The van der Waals surface area contributed by atoms with Crippen molar-refractivity contribution < 1.29 is 23.5 Å². The van der Waals surface area contributed by atoms with Crippen molar-refractivity contribution in [1.82, 2.24) is 10.3 Å². The van der Waals surface area contributed by atoms with Crippen molar-refractivity contribution >= 4 is 12.1 Å². The Morgan fingerprint density at radius 3 is 2.67 bits per heavy atom. The van der Waals surface area contributed by atoms with E-state index in [0.717, 1.165) is 5.56 Å². The van der Waals surface area contributed by atoms with Gasteiger partial charge in [0.05, 0.1) is 12.3 Å². The highest BCUT2D eigenvalue weighted by Crippen LogP contribution is 2.12. The number of aryl methyl sites for hydroxylation is 1. The number of carbonyl (C=O) groups excluding carboxylic acids is 2. The lowest BCUT2D eigenvalue weighted by atomic mass is 10.2. The van der Waals surface area contributed by atoms with Crippen LogP contribution in [-0.4, -0.2) is 30.2 Å². The maximum atomic E-state index is 11.8. The number of amides is 1. The van der Waals surface area contributed by atoms with Gasteiger partial charge in [-0.05, 0) is 12.5 Å². The molecular formula is C17H20N2O5. The zero-order valence-electron chi connectivity index (χ0n) is 13.7. The standard InChI is InChI=1S/C17H20N2O5/c1-3-22-16(20)15-14(19-12(2)24-15)9-10-18-17(21)23-11-13-7-5-4-6-8-13/h4-8H,3,9-11H2,1-2H3,(H,18,21). The second-order valence-corrected chi connectivity index (χ2v) is 4.97. The van der Waals surface area contributed by atoms with E-state index in [-0.39, 0.29) is 25.5 Å². The number of hydrogen-bond donors (Lipinski definition) is 1. The second-order valence-electron chi connectivity index (χ2n) is 4.97. The molecule has 2 aromatic rings. The van der Waals surface area contributed by atoms with Crippen LogP contribution in [0.25, 0.3) is 0 Å². The van der Waals surface area contributed by atoms with E-state index in [1.165, 1.54) is 0 Å². The first-order valence-electron chi connectivity index (χ1n) is 7.68. The Labute approximate surface area is 140 Å². The number of nitrogens with one attached hydrogen (secondary N) is 1. The Hall–Kier alpha value is -2.83. The molecule has 0 aliphatic rings. The monoisotopic (exact) mass is 332 g/mol. The molecule has 0 aliphatic heterocycles. The Morgan fingerprint density at radius 1 is 1.21 bits per heavy atom. The lowest BCUT2D eigenvalue weighted by molar-refractivity contribution is 0.0487. The molecule has 1 N–H and O–H groups in total. The van der Waals surface area contributed by atoms with Gasteiger partial charge >= 0.3 is 12.1 Å². The Bertz CT molecular complexity index is 682. The van der Waals surface area contributed by atoms with E-state index in [1.807, 2.05) is 30.3 Å². The molecule has 1 heterocycles. The first-order chi connectivity index (χ1) is 11.6. The predicted molar refractivity (Wildman–Crippen MR) is 85.5 cm³/mol. The highest BCUT2D eigenvalue weighted by molar-refractivity contribution is 5.87. The smallest absolute Gasteiger partial charge is 0.407 e. The zero-order chi connectivity index (χ0) is 17.4. The number of oxazole rings is 1. The van der Waals surface area contributed by atoms with Gasteiger partial charge in [-0.25, -0.2) is 14.6 Å². The average Bonchev–Trinajstić information content (AvgIpc) is 2.95. The van der Waals surface area contributed by atoms with Crippen LogP contribution in [0.15, 0.2) is 34.7 Å². The van der Waals surface area contributed by atoms with Gasteiger partial charge in [-0.2, -0.15) is 0 Å². The van der Waals surface area contributed by atoms with Gasteiger partial charge in [0.1, 0.15) is 6.61 Å². The van der Waals surface area contributed by atoms with Crippen LogP contribution in [0.1, 0.15) is 34.6 Å². The predicted octanol–water partition coefficient (Wildman–Crippen LogP) is 2.63. The molecule has 1 amide bonds. The number of aromatic nitrogens is 1. The van der Waals surface area contributed by atoms with Crippen LogP contribution in [0.2, 0.25) is 0 Å². The summed E-state index contributed by atoms with van der Waals surface area (Å²) in [5.41, 5.74) is 1.36. The molecule has 2 rings (SSSR count). The van der Waals surface area contributed by atoms with Crippen molar-refractivity contribution in [2.24, 2.45) is 0 Å². The van der Waals surface area contributed by atoms with Gasteiger partial charge in [-0.1, -0.05) is 30.3 Å². The highest BCUT2D eigenvalue weighted by Gasteiger charge is 2.20. The number of esters is 1. The fourth-order valence-electron chi connectivity index (χ4n) is 2.05. The van der Waals surface area contributed by atoms with Gasteiger partial charge in [-0.3, -0.25) is 0 Å². The molecule has 1 aromatic carbocycles. The number of hydrogen-bond acceptors (Lipinski definition) is 6. The summed E-state index contributed by atoms with van der Waals surface area (Å²) in [5, 5.41) is 2.61. The quantitative estimate of drug-likeness (QED) is 0.784. The first kappa shape index (κ1) is 17.5. The third-order valence-electron chi connectivity index (χ3n) is 3.11. The fourth-order valence-corrected chi connectivity index (χ4v) is 2.05. The number of carbonyl (C=O) groups is 2. The van der Waals surface area contributed by atoms with Gasteiger partial charge in [0.25, 0.3) is 0 Å². The SMILES string of the molecule is CCOC(=O)c1oc(C)nc1CCNC(=O)OCc1ccccc1. The minimum Gasteiger partial charge on any atom is -0.460 e. The number of ether oxygens (including phenoxy) is 2. The molecule has 0 radical (unpaired) electrons. The summed E-state index contributed by atoms with van der Waals surface area (Å²) in [6.45, 7) is 4.08. The van der Waals surface area contributed by atoms with Crippen LogP contribution in [-0.2, 0) is 22.5 Å². The van der Waals surface area contributed by atoms with E-state index < -0.39 is 12.1 Å². The van der Waals surface area contributed by atoms with Crippen molar-refractivity contribution in [3.63, 3.8) is 0 Å². The molecule has 0 saturated carbocycles. The van der Waals surface area contributed by atoms with Gasteiger partial charge < -0.3 is 19.2 Å². The number of rotatable bonds is 7. The topological polar surface area (TPSA) is 90.7 Å². The van der Waals surface area contributed by atoms with Crippen LogP contribution < -0.4 is 5.32 Å². The Balaban J connectivity index is 1.79. The summed E-state index contributed by atoms with van der Waals surface area (Å²) in [4.78, 5) is 27.6. The molecule has 0 aliphatic carbocycles. The third kappa shape index (κ3) is 5.12. The molecule has 24 heavy (non-hydrogen) atoms. The van der Waals surface area contributed by atoms with Crippen LogP contribution in [0.3, 0.4) is 0 Å². The number of nitrogens with zero attached hydrogens (tertiary/aromatic N) is 1. The first-order valence-corrected chi connectivity index (χ1v) is 7.68. The van der Waals surface area contributed by atoms with Crippen LogP contribution in [0, 0.1) is 6.92 Å². The van der Waals surface area contributed by atoms with E-state index in [1.54, 1.807) is 13.8 Å². The lowest BCUT2D eigenvalue weighted by Gasteiger charge is -2.06. The molecule has 0 fully saturated rings. The van der Waals surface area contributed by atoms with Crippen molar-refractivity contribution in [1.29, 1.82) is 0 Å². The molecule has 0 unspecified atom stereocenters. The van der Waals surface area contributed by atoms with E-state index in [2.05, 4.69) is 10.3 Å². The van der Waals surface area contributed by atoms with Crippen molar-refractivity contribution in [2.75, 3.05) is 13.2 Å². The number of alkyl carbamates (subject to hydrolysis) is 1. The minimum atomic E-state index is -0.556. The van der Waals surface area contributed by atoms with Gasteiger partial charge in [0.15, 0.2) is 5.89 Å². The van der Waals surface area contributed by atoms with Gasteiger partial charge in [0.2, 0.25) is 5.76 Å². The van der Waals surface area contributed by atoms with Crippen molar-refractivity contribution in [3.8, 4) is 0 Å². The molecule has 7 heteroatoms. The molecule has 0 saturated heterocycles. The highest BCUT2D eigenvalue weighted by atomic mass is 16.6. The van der Waals surface area contributed by atoms with Crippen LogP contribution >= 0.6 is 0 Å². The van der Waals surface area contributed by atoms with E-state index >= 15 is 0 Å². The lowest BCUT2D eigenvalue weighted by Crippen LogP contribution is -2.26. The van der Waals surface area contributed by atoms with Crippen molar-refractivity contribution in [3.05, 3.63) is 53.2 Å². The largest absolute Gasteiger partial charge is 0.460 e. The second kappa shape index (κ2) is 8.71. The summed E-state index contributed by atoms with van der Waals surface area (Å²) in [7, 11) is 0. The molecule has 0 spiro atoms.